The number of H-pyrrole nitrogens is 1. The molecule has 2 heterocycles. The summed E-state index contributed by atoms with van der Waals surface area (Å²) < 4.78 is 1.31. The predicted molar refractivity (Wildman–Crippen MR) is 68.6 cm³/mol. The first-order valence-electron chi connectivity index (χ1n) is 5.89. The zero-order valence-electron chi connectivity index (χ0n) is 10.6. The molecule has 7 heteroatoms. The molecule has 19 heavy (non-hydrogen) atoms. The summed E-state index contributed by atoms with van der Waals surface area (Å²) in [4.78, 5) is 40.9. The molecule has 0 bridgehead atoms. The molecule has 0 aliphatic heterocycles. The first-order chi connectivity index (χ1) is 9.01. The molecule has 2 aromatic heterocycles. The number of carboxylic acids is 1. The van der Waals surface area contributed by atoms with Gasteiger partial charge in [-0.1, -0.05) is 6.92 Å². The monoisotopic (exact) mass is 263 g/mol. The van der Waals surface area contributed by atoms with Crippen molar-refractivity contribution in [1.82, 2.24) is 14.5 Å². The van der Waals surface area contributed by atoms with E-state index in [-0.39, 0.29) is 16.6 Å². The molecule has 0 aliphatic carbocycles. The maximum Gasteiger partial charge on any atom is 0.337 e. The fourth-order valence-corrected chi connectivity index (χ4v) is 2.15. The molecule has 0 aliphatic rings. The number of hydrogen-bond donors (Lipinski definition) is 2. The quantitative estimate of drug-likeness (QED) is 0.832. The number of fused-ring (bicyclic) bond motifs is 1. The van der Waals surface area contributed by atoms with Crippen LogP contribution in [0.25, 0.3) is 11.0 Å². The molecule has 0 saturated heterocycles. The Hall–Kier alpha value is -2.44. The summed E-state index contributed by atoms with van der Waals surface area (Å²) in [5.74, 6) is -1.14. The maximum absolute atomic E-state index is 11.9. The predicted octanol–water partition coefficient (Wildman–Crippen LogP) is 0.365. The lowest BCUT2D eigenvalue weighted by molar-refractivity contribution is 0.0695. The number of aromatic nitrogens is 3. The van der Waals surface area contributed by atoms with Crippen LogP contribution in [-0.2, 0) is 13.0 Å². The van der Waals surface area contributed by atoms with E-state index in [0.717, 1.165) is 0 Å². The molecule has 0 fully saturated rings. The third-order valence-electron chi connectivity index (χ3n) is 3.01. The first-order valence-corrected chi connectivity index (χ1v) is 5.89. The molecule has 0 amide bonds. The molecule has 0 aromatic carbocycles. The minimum Gasteiger partial charge on any atom is -0.478 e. The zero-order valence-corrected chi connectivity index (χ0v) is 10.6. The van der Waals surface area contributed by atoms with E-state index in [0.29, 0.717) is 18.5 Å². The average Bonchev–Trinajstić information content (AvgIpc) is 2.37. The molecule has 7 nitrogen and oxygen atoms in total. The summed E-state index contributed by atoms with van der Waals surface area (Å²) in [7, 11) is 0. The fourth-order valence-electron chi connectivity index (χ4n) is 2.15. The van der Waals surface area contributed by atoms with E-state index in [2.05, 4.69) is 9.97 Å². The SMILES string of the molecule is CCc1c(C(=O)O)cnc2c1c(=O)[nH]c(=O)n2CC. The van der Waals surface area contributed by atoms with Gasteiger partial charge in [-0.2, -0.15) is 0 Å². The first kappa shape index (κ1) is 13.0. The fraction of sp³-hybridized carbons (Fsp3) is 0.333. The van der Waals surface area contributed by atoms with E-state index in [1.807, 2.05) is 0 Å². The summed E-state index contributed by atoms with van der Waals surface area (Å²) in [5.41, 5.74) is -0.546. The number of nitrogens with one attached hydrogen (secondary N) is 1. The van der Waals surface area contributed by atoms with Gasteiger partial charge in [0.1, 0.15) is 5.65 Å². The number of aromatic carboxylic acids is 1. The number of hydrogen-bond acceptors (Lipinski definition) is 4. The van der Waals surface area contributed by atoms with Gasteiger partial charge in [0.15, 0.2) is 0 Å². The van der Waals surface area contributed by atoms with Gasteiger partial charge in [0.25, 0.3) is 5.56 Å². The van der Waals surface area contributed by atoms with Crippen molar-refractivity contribution in [2.24, 2.45) is 0 Å². The van der Waals surface area contributed by atoms with Crippen molar-refractivity contribution < 1.29 is 9.90 Å². The second kappa shape index (κ2) is 4.68. The molecule has 2 aromatic rings. The van der Waals surface area contributed by atoms with Crippen molar-refractivity contribution in [3.05, 3.63) is 38.2 Å². The highest BCUT2D eigenvalue weighted by atomic mass is 16.4. The lowest BCUT2D eigenvalue weighted by Crippen LogP contribution is -2.31. The van der Waals surface area contributed by atoms with Gasteiger partial charge in [0.2, 0.25) is 0 Å². The van der Waals surface area contributed by atoms with Crippen LogP contribution in [0.3, 0.4) is 0 Å². The molecule has 0 unspecified atom stereocenters. The Balaban J connectivity index is 3.06. The van der Waals surface area contributed by atoms with Crippen molar-refractivity contribution in [3.63, 3.8) is 0 Å². The summed E-state index contributed by atoms with van der Waals surface area (Å²) in [6, 6.07) is 0. The Bertz CT molecular complexity index is 773. The van der Waals surface area contributed by atoms with Crippen LogP contribution in [0.2, 0.25) is 0 Å². The second-order valence-corrected chi connectivity index (χ2v) is 4.01. The molecule has 0 saturated carbocycles. The van der Waals surface area contributed by atoms with Gasteiger partial charge in [-0.25, -0.2) is 14.6 Å². The van der Waals surface area contributed by atoms with Crippen LogP contribution in [0.4, 0.5) is 0 Å². The Morgan fingerprint density at radius 1 is 1.42 bits per heavy atom. The van der Waals surface area contributed by atoms with Crippen LogP contribution in [0.1, 0.15) is 29.8 Å². The zero-order chi connectivity index (χ0) is 14.2. The third-order valence-corrected chi connectivity index (χ3v) is 3.01. The van der Waals surface area contributed by atoms with Crippen LogP contribution < -0.4 is 11.2 Å². The number of pyridine rings is 1. The van der Waals surface area contributed by atoms with Gasteiger partial charge in [-0.15, -0.1) is 0 Å². The van der Waals surface area contributed by atoms with Gasteiger partial charge < -0.3 is 5.11 Å². The lowest BCUT2D eigenvalue weighted by atomic mass is 10.0. The summed E-state index contributed by atoms with van der Waals surface area (Å²) in [5, 5.41) is 9.28. The topological polar surface area (TPSA) is 105 Å². The highest BCUT2D eigenvalue weighted by molar-refractivity contribution is 5.94. The molecule has 2 N–H and O–H groups in total. The third kappa shape index (κ3) is 1.92. The van der Waals surface area contributed by atoms with E-state index < -0.39 is 17.2 Å². The van der Waals surface area contributed by atoms with E-state index in [1.165, 1.54) is 10.8 Å². The van der Waals surface area contributed by atoms with E-state index >= 15 is 0 Å². The van der Waals surface area contributed by atoms with Crippen molar-refractivity contribution in [2.45, 2.75) is 26.8 Å². The highest BCUT2D eigenvalue weighted by Gasteiger charge is 2.18. The smallest absolute Gasteiger partial charge is 0.337 e. The van der Waals surface area contributed by atoms with Crippen molar-refractivity contribution in [2.75, 3.05) is 0 Å². The lowest BCUT2D eigenvalue weighted by Gasteiger charge is -2.10. The maximum atomic E-state index is 11.9. The number of carbonyl (C=O) groups is 1. The summed E-state index contributed by atoms with van der Waals surface area (Å²) >= 11 is 0. The number of aryl methyl sites for hydroxylation is 2. The molecule has 0 radical (unpaired) electrons. The average molecular weight is 263 g/mol. The van der Waals surface area contributed by atoms with Crippen molar-refractivity contribution in [3.8, 4) is 0 Å². The van der Waals surface area contributed by atoms with Crippen LogP contribution in [0.15, 0.2) is 15.8 Å². The van der Waals surface area contributed by atoms with Crippen LogP contribution in [0, 0.1) is 0 Å². The van der Waals surface area contributed by atoms with Crippen LogP contribution in [-0.4, -0.2) is 25.6 Å². The van der Waals surface area contributed by atoms with Crippen molar-refractivity contribution >= 4 is 17.0 Å². The number of rotatable bonds is 3. The summed E-state index contributed by atoms with van der Waals surface area (Å²) in [6.45, 7) is 3.84. The highest BCUT2D eigenvalue weighted by Crippen LogP contribution is 2.17. The normalized spacial score (nSPS) is 10.8. The van der Waals surface area contributed by atoms with Gasteiger partial charge in [0, 0.05) is 12.7 Å². The van der Waals surface area contributed by atoms with Gasteiger partial charge >= 0.3 is 11.7 Å². The van der Waals surface area contributed by atoms with Gasteiger partial charge in [0.05, 0.1) is 10.9 Å². The summed E-state index contributed by atoms with van der Waals surface area (Å²) in [6.07, 6.45) is 1.56. The Kier molecular flexibility index (Phi) is 3.20. The number of aromatic amines is 1. The van der Waals surface area contributed by atoms with Gasteiger partial charge in [-0.05, 0) is 18.9 Å². The molecule has 100 valence electrons. The van der Waals surface area contributed by atoms with Crippen molar-refractivity contribution in [1.29, 1.82) is 0 Å². The van der Waals surface area contributed by atoms with E-state index in [9.17, 15) is 14.4 Å². The number of nitrogens with zero attached hydrogens (tertiary/aromatic N) is 2. The minimum atomic E-state index is -1.14. The van der Waals surface area contributed by atoms with Gasteiger partial charge in [-0.3, -0.25) is 14.3 Å². The second-order valence-electron chi connectivity index (χ2n) is 4.01. The minimum absolute atomic E-state index is 0.0122. The molecular weight excluding hydrogens is 250 g/mol. The Labute approximate surface area is 107 Å². The standard InChI is InChI=1S/C12H13N3O4/c1-3-6-7(11(17)18)5-13-9-8(6)10(16)14-12(19)15(9)4-2/h5H,3-4H2,1-2H3,(H,17,18)(H,14,16,19). The number of carboxylic acid groups (broad SMARTS) is 1. The van der Waals surface area contributed by atoms with Crippen LogP contribution >= 0.6 is 0 Å². The molecule has 0 atom stereocenters. The Morgan fingerprint density at radius 3 is 2.63 bits per heavy atom. The largest absolute Gasteiger partial charge is 0.478 e. The molecule has 0 spiro atoms. The Morgan fingerprint density at radius 2 is 2.11 bits per heavy atom. The van der Waals surface area contributed by atoms with E-state index in [1.54, 1.807) is 13.8 Å². The molecule has 2 rings (SSSR count). The van der Waals surface area contributed by atoms with Crippen LogP contribution in [0.5, 0.6) is 0 Å². The van der Waals surface area contributed by atoms with E-state index in [4.69, 9.17) is 5.11 Å². The molecular formula is C12H13N3O4.